The standard InChI is InChI=1S/C25H30N4O/c1-29(2)23(15-18-8-4-3-5-9-18)17-26-25-27-22(16-24(30)28-25)14-19-12-20-10-6-7-11-21(20)13-19/h3-11,16,19,23H,12-15,17H2,1-2H3,(H2,26,27,28,30). The van der Waals surface area contributed by atoms with Gasteiger partial charge in [0.05, 0.1) is 0 Å². The molecule has 156 valence electrons. The number of hydrogen-bond donors (Lipinski definition) is 2. The van der Waals surface area contributed by atoms with E-state index in [4.69, 9.17) is 0 Å². The van der Waals surface area contributed by atoms with Gasteiger partial charge in [0.2, 0.25) is 5.95 Å². The number of aromatic amines is 1. The van der Waals surface area contributed by atoms with Crippen molar-refractivity contribution >= 4 is 5.95 Å². The molecule has 0 saturated heterocycles. The topological polar surface area (TPSA) is 61.0 Å². The first kappa shape index (κ1) is 20.4. The van der Waals surface area contributed by atoms with Crippen LogP contribution in [-0.2, 0) is 25.7 Å². The van der Waals surface area contributed by atoms with E-state index in [1.54, 1.807) is 6.07 Å². The summed E-state index contributed by atoms with van der Waals surface area (Å²) < 4.78 is 0. The fourth-order valence-electron chi connectivity index (χ4n) is 4.34. The highest BCUT2D eigenvalue weighted by Gasteiger charge is 2.21. The van der Waals surface area contributed by atoms with E-state index in [-0.39, 0.29) is 5.56 Å². The smallest absolute Gasteiger partial charge is 0.274 e. The molecule has 0 radical (unpaired) electrons. The lowest BCUT2D eigenvalue weighted by atomic mass is 10.00. The van der Waals surface area contributed by atoms with Gasteiger partial charge in [0, 0.05) is 24.3 Å². The van der Waals surface area contributed by atoms with E-state index < -0.39 is 0 Å². The number of anilines is 1. The average molecular weight is 403 g/mol. The van der Waals surface area contributed by atoms with Crippen molar-refractivity contribution in [3.05, 3.63) is 93.4 Å². The van der Waals surface area contributed by atoms with Gasteiger partial charge in [0.15, 0.2) is 0 Å². The molecule has 30 heavy (non-hydrogen) atoms. The van der Waals surface area contributed by atoms with Gasteiger partial charge in [-0.1, -0.05) is 54.6 Å². The molecule has 0 saturated carbocycles. The van der Waals surface area contributed by atoms with Crippen molar-refractivity contribution in [3.8, 4) is 0 Å². The molecular formula is C25H30N4O. The molecular weight excluding hydrogens is 372 g/mol. The zero-order valence-electron chi connectivity index (χ0n) is 17.8. The summed E-state index contributed by atoms with van der Waals surface area (Å²) in [5.41, 5.74) is 4.94. The van der Waals surface area contributed by atoms with Crippen LogP contribution in [0.15, 0.2) is 65.5 Å². The van der Waals surface area contributed by atoms with Crippen LogP contribution in [0.1, 0.15) is 22.4 Å². The molecule has 0 bridgehead atoms. The third-order valence-electron chi connectivity index (χ3n) is 5.99. The Kier molecular flexibility index (Phi) is 6.29. The van der Waals surface area contributed by atoms with Crippen LogP contribution in [-0.4, -0.2) is 41.5 Å². The average Bonchev–Trinajstić information content (AvgIpc) is 3.13. The van der Waals surface area contributed by atoms with E-state index in [1.165, 1.54) is 16.7 Å². The van der Waals surface area contributed by atoms with E-state index in [9.17, 15) is 4.79 Å². The first-order valence-electron chi connectivity index (χ1n) is 10.7. The van der Waals surface area contributed by atoms with Gasteiger partial charge in [-0.3, -0.25) is 4.79 Å². The van der Waals surface area contributed by atoms with Crippen molar-refractivity contribution in [2.45, 2.75) is 31.7 Å². The third-order valence-corrected chi connectivity index (χ3v) is 5.99. The van der Waals surface area contributed by atoms with Crippen LogP contribution in [0, 0.1) is 5.92 Å². The molecule has 0 aliphatic heterocycles. The molecule has 1 aliphatic rings. The zero-order valence-corrected chi connectivity index (χ0v) is 17.8. The molecule has 1 aliphatic carbocycles. The Morgan fingerprint density at radius 1 is 1.07 bits per heavy atom. The Morgan fingerprint density at radius 3 is 2.40 bits per heavy atom. The number of nitrogens with zero attached hydrogens (tertiary/aromatic N) is 2. The molecule has 5 nitrogen and oxygen atoms in total. The summed E-state index contributed by atoms with van der Waals surface area (Å²) in [7, 11) is 4.17. The number of aromatic nitrogens is 2. The van der Waals surface area contributed by atoms with Crippen LogP contribution in [0.2, 0.25) is 0 Å². The van der Waals surface area contributed by atoms with E-state index in [0.29, 0.717) is 24.5 Å². The Labute approximate surface area is 178 Å². The lowest BCUT2D eigenvalue weighted by molar-refractivity contribution is 0.303. The number of hydrogen-bond acceptors (Lipinski definition) is 4. The molecule has 0 amide bonds. The fraction of sp³-hybridized carbons (Fsp3) is 0.360. The highest BCUT2D eigenvalue weighted by molar-refractivity contribution is 5.33. The second-order valence-electron chi connectivity index (χ2n) is 8.53. The molecule has 0 spiro atoms. The minimum atomic E-state index is -0.189. The van der Waals surface area contributed by atoms with Crippen molar-refractivity contribution in [1.29, 1.82) is 0 Å². The Hall–Kier alpha value is -2.92. The quantitative estimate of drug-likeness (QED) is 0.607. The maximum absolute atomic E-state index is 12.2. The van der Waals surface area contributed by atoms with Crippen LogP contribution in [0.5, 0.6) is 0 Å². The molecule has 0 fully saturated rings. The summed E-state index contributed by atoms with van der Waals surface area (Å²) in [5, 5.41) is 3.36. The number of rotatable bonds is 8. The van der Waals surface area contributed by atoms with Gasteiger partial charge in [-0.15, -0.1) is 0 Å². The lowest BCUT2D eigenvalue weighted by Crippen LogP contribution is -2.37. The minimum absolute atomic E-state index is 0.189. The summed E-state index contributed by atoms with van der Waals surface area (Å²) >= 11 is 0. The number of benzene rings is 2. The normalized spacial score (nSPS) is 14.6. The van der Waals surface area contributed by atoms with E-state index in [1.807, 2.05) is 6.07 Å². The second-order valence-corrected chi connectivity index (χ2v) is 8.53. The number of nitrogens with one attached hydrogen (secondary N) is 2. The van der Waals surface area contributed by atoms with Gasteiger partial charge >= 0.3 is 0 Å². The zero-order chi connectivity index (χ0) is 20.9. The van der Waals surface area contributed by atoms with Gasteiger partial charge in [-0.2, -0.15) is 4.98 Å². The number of H-pyrrole nitrogens is 1. The Bertz CT molecular complexity index is 1000. The van der Waals surface area contributed by atoms with Crippen LogP contribution in [0.3, 0.4) is 0 Å². The predicted molar refractivity (Wildman–Crippen MR) is 122 cm³/mol. The molecule has 1 atom stereocenters. The maximum atomic E-state index is 12.2. The van der Waals surface area contributed by atoms with Crippen molar-refractivity contribution in [2.24, 2.45) is 5.92 Å². The van der Waals surface area contributed by atoms with Crippen LogP contribution < -0.4 is 10.9 Å². The predicted octanol–water partition coefficient (Wildman–Crippen LogP) is 3.31. The molecule has 4 rings (SSSR count). The Morgan fingerprint density at radius 2 is 1.73 bits per heavy atom. The van der Waals surface area contributed by atoms with Crippen LogP contribution in [0.25, 0.3) is 0 Å². The number of fused-ring (bicyclic) bond motifs is 1. The highest BCUT2D eigenvalue weighted by atomic mass is 16.1. The van der Waals surface area contributed by atoms with Gasteiger partial charge in [0.25, 0.3) is 5.56 Å². The van der Waals surface area contributed by atoms with E-state index in [0.717, 1.165) is 31.4 Å². The summed E-state index contributed by atoms with van der Waals surface area (Å²) in [6.07, 6.45) is 3.94. The molecule has 2 aromatic carbocycles. The summed E-state index contributed by atoms with van der Waals surface area (Å²) in [6.45, 7) is 0.711. The van der Waals surface area contributed by atoms with Crippen LogP contribution >= 0.6 is 0 Å². The molecule has 3 aromatic rings. The summed E-state index contributed by atoms with van der Waals surface area (Å²) in [5.74, 6) is 1.09. The molecule has 2 N–H and O–H groups in total. The monoisotopic (exact) mass is 402 g/mol. The van der Waals surface area contributed by atoms with Gasteiger partial charge in [0.1, 0.15) is 0 Å². The van der Waals surface area contributed by atoms with Crippen molar-refractivity contribution < 1.29 is 0 Å². The summed E-state index contributed by atoms with van der Waals surface area (Å²) in [4.78, 5) is 21.9. The van der Waals surface area contributed by atoms with Crippen molar-refractivity contribution in [1.82, 2.24) is 14.9 Å². The van der Waals surface area contributed by atoms with Gasteiger partial charge < -0.3 is 15.2 Å². The third kappa shape index (κ3) is 5.16. The SMILES string of the molecule is CN(C)C(CNc1nc(=O)cc(CC2Cc3ccccc3C2)[nH]1)Cc1ccccc1. The lowest BCUT2D eigenvalue weighted by Gasteiger charge is -2.25. The number of likely N-dealkylation sites (N-methyl/N-ethyl adjacent to an activating group) is 1. The van der Waals surface area contributed by atoms with Gasteiger partial charge in [-0.25, -0.2) is 0 Å². The minimum Gasteiger partial charge on any atom is -0.354 e. The first-order chi connectivity index (χ1) is 14.6. The maximum Gasteiger partial charge on any atom is 0.274 e. The largest absolute Gasteiger partial charge is 0.354 e. The van der Waals surface area contributed by atoms with E-state index in [2.05, 4.69) is 82.8 Å². The highest BCUT2D eigenvalue weighted by Crippen LogP contribution is 2.28. The molecule has 1 aromatic heterocycles. The molecule has 1 heterocycles. The Balaban J connectivity index is 1.40. The molecule has 1 unspecified atom stereocenters. The summed E-state index contributed by atoms with van der Waals surface area (Å²) in [6, 6.07) is 21.1. The first-order valence-corrected chi connectivity index (χ1v) is 10.7. The van der Waals surface area contributed by atoms with Crippen molar-refractivity contribution in [3.63, 3.8) is 0 Å². The molecule has 5 heteroatoms. The van der Waals surface area contributed by atoms with Gasteiger partial charge in [-0.05, 0) is 62.4 Å². The van der Waals surface area contributed by atoms with E-state index >= 15 is 0 Å². The second kappa shape index (κ2) is 9.26. The van der Waals surface area contributed by atoms with Crippen LogP contribution in [0.4, 0.5) is 5.95 Å². The van der Waals surface area contributed by atoms with Crippen molar-refractivity contribution in [2.75, 3.05) is 26.0 Å². The fourth-order valence-corrected chi connectivity index (χ4v) is 4.34.